The van der Waals surface area contributed by atoms with E-state index in [1.165, 1.54) is 17.8 Å². The molecule has 1 aliphatic heterocycles. The molecule has 0 aliphatic carbocycles. The van der Waals surface area contributed by atoms with Gasteiger partial charge in [0.25, 0.3) is 0 Å². The predicted molar refractivity (Wildman–Crippen MR) is 96.7 cm³/mol. The van der Waals surface area contributed by atoms with Crippen molar-refractivity contribution < 1.29 is 26.4 Å². The Morgan fingerprint density at radius 1 is 1.07 bits per heavy atom. The van der Waals surface area contributed by atoms with Crippen LogP contribution in [-0.2, 0) is 21.0 Å². The highest BCUT2D eigenvalue weighted by molar-refractivity contribution is 8.00. The lowest BCUT2D eigenvalue weighted by atomic mass is 10.2. The van der Waals surface area contributed by atoms with Gasteiger partial charge >= 0.3 is 6.18 Å². The molecular weight excluding hydrogens is 401 g/mol. The van der Waals surface area contributed by atoms with Crippen LogP contribution < -0.4 is 5.32 Å². The molecule has 1 amide bonds. The maximum absolute atomic E-state index is 13.2. The molecule has 0 aromatic heterocycles. The smallest absolute Gasteiger partial charge is 0.325 e. The Hall–Kier alpha value is -2.04. The van der Waals surface area contributed by atoms with Gasteiger partial charge in [-0.25, -0.2) is 8.42 Å². The maximum atomic E-state index is 13.2. The Morgan fingerprint density at radius 3 is 2.37 bits per heavy atom. The first-order chi connectivity index (χ1) is 12.7. The van der Waals surface area contributed by atoms with Gasteiger partial charge in [-0.1, -0.05) is 30.3 Å². The van der Waals surface area contributed by atoms with Crippen molar-refractivity contribution in [1.29, 1.82) is 0 Å². The molecule has 1 aliphatic rings. The average Bonchev–Trinajstić information content (AvgIpc) is 3.13. The molecular formula is C17H15F3N2O3S2. The minimum Gasteiger partial charge on any atom is -0.325 e. The number of thioether (sulfide) groups is 1. The van der Waals surface area contributed by atoms with Crippen molar-refractivity contribution >= 4 is 33.4 Å². The average molecular weight is 416 g/mol. The molecule has 0 saturated carbocycles. The number of hydrogen-bond donors (Lipinski definition) is 1. The minimum absolute atomic E-state index is 0.0958. The van der Waals surface area contributed by atoms with E-state index in [4.69, 9.17) is 0 Å². The van der Waals surface area contributed by atoms with Crippen molar-refractivity contribution in [3.8, 4) is 0 Å². The highest BCUT2D eigenvalue weighted by Gasteiger charge is 2.44. The second kappa shape index (κ2) is 7.53. The van der Waals surface area contributed by atoms with Crippen LogP contribution in [0.5, 0.6) is 0 Å². The molecule has 1 heterocycles. The van der Waals surface area contributed by atoms with Gasteiger partial charge in [-0.3, -0.25) is 4.79 Å². The van der Waals surface area contributed by atoms with Crippen LogP contribution in [0.4, 0.5) is 18.9 Å². The van der Waals surface area contributed by atoms with Crippen molar-refractivity contribution in [3.63, 3.8) is 0 Å². The number of halogens is 3. The summed E-state index contributed by atoms with van der Waals surface area (Å²) in [6, 6.07) is 11.3. The molecule has 2 aromatic rings. The molecule has 144 valence electrons. The number of carbonyl (C=O) groups is 1. The Bertz CT molecular complexity index is 934. The van der Waals surface area contributed by atoms with Gasteiger partial charge in [0.2, 0.25) is 15.9 Å². The number of carbonyl (C=O) groups excluding carboxylic acids is 1. The molecule has 2 aromatic carbocycles. The van der Waals surface area contributed by atoms with Gasteiger partial charge in [0.15, 0.2) is 0 Å². The fourth-order valence-electron chi connectivity index (χ4n) is 2.67. The lowest BCUT2D eigenvalue weighted by Gasteiger charge is -2.24. The number of nitrogens with one attached hydrogen (secondary N) is 1. The van der Waals surface area contributed by atoms with Crippen LogP contribution in [0, 0.1) is 0 Å². The summed E-state index contributed by atoms with van der Waals surface area (Å²) in [7, 11) is -4.51. The van der Waals surface area contributed by atoms with E-state index in [-0.39, 0.29) is 11.6 Å². The summed E-state index contributed by atoms with van der Waals surface area (Å²) in [5.74, 6) is -0.521. The fourth-order valence-corrected chi connectivity index (χ4v) is 6.03. The zero-order chi connectivity index (χ0) is 19.7. The molecule has 0 spiro atoms. The van der Waals surface area contributed by atoms with Crippen molar-refractivity contribution in [2.45, 2.75) is 17.1 Å². The third-order valence-corrected chi connectivity index (χ3v) is 7.05. The number of alkyl halides is 3. The summed E-state index contributed by atoms with van der Waals surface area (Å²) < 4.78 is 66.3. The van der Waals surface area contributed by atoms with E-state index >= 15 is 0 Å². The minimum atomic E-state index is -4.82. The summed E-state index contributed by atoms with van der Waals surface area (Å²) in [6.45, 7) is 0. The second-order valence-corrected chi connectivity index (χ2v) is 8.62. The quantitative estimate of drug-likeness (QED) is 0.830. The van der Waals surface area contributed by atoms with Gasteiger partial charge < -0.3 is 5.32 Å². The molecule has 27 heavy (non-hydrogen) atoms. The largest absolute Gasteiger partial charge is 0.417 e. The number of para-hydroxylation sites is 1. The number of anilines is 1. The van der Waals surface area contributed by atoms with E-state index in [2.05, 4.69) is 5.32 Å². The van der Waals surface area contributed by atoms with Crippen molar-refractivity contribution in [3.05, 3.63) is 60.2 Å². The molecule has 1 atom stereocenters. The fraction of sp³-hybridized carbons (Fsp3) is 0.235. The van der Waals surface area contributed by atoms with Crippen LogP contribution in [0.3, 0.4) is 0 Å². The van der Waals surface area contributed by atoms with Gasteiger partial charge in [-0.2, -0.15) is 17.5 Å². The standard InChI is InChI=1S/C17H15F3N2O3S2/c18-17(19,20)13-8-4-5-9-15(13)27(24,25)22-11-26-10-14(22)16(23)21-12-6-2-1-3-7-12/h1-9,14H,10-11H2,(H,21,23)/t14-/m1/s1. The summed E-state index contributed by atoms with van der Waals surface area (Å²) in [5.41, 5.74) is -0.767. The molecule has 1 fully saturated rings. The molecule has 1 saturated heterocycles. The zero-order valence-electron chi connectivity index (χ0n) is 13.8. The predicted octanol–water partition coefficient (Wildman–Crippen LogP) is 3.41. The van der Waals surface area contributed by atoms with Gasteiger partial charge in [0.1, 0.15) is 6.04 Å². The molecule has 10 heteroatoms. The zero-order valence-corrected chi connectivity index (χ0v) is 15.4. The van der Waals surface area contributed by atoms with Gasteiger partial charge in [0.05, 0.1) is 16.3 Å². The number of benzene rings is 2. The number of hydrogen-bond acceptors (Lipinski definition) is 4. The first-order valence-corrected chi connectivity index (χ1v) is 10.4. The van der Waals surface area contributed by atoms with E-state index in [0.717, 1.165) is 22.5 Å². The van der Waals surface area contributed by atoms with E-state index in [9.17, 15) is 26.4 Å². The van der Waals surface area contributed by atoms with Gasteiger partial charge in [0, 0.05) is 11.4 Å². The Balaban J connectivity index is 1.92. The molecule has 0 bridgehead atoms. The summed E-state index contributed by atoms with van der Waals surface area (Å²) in [5, 5.41) is 2.60. The monoisotopic (exact) mass is 416 g/mol. The number of sulfonamides is 1. The van der Waals surface area contributed by atoms with Crippen LogP contribution >= 0.6 is 11.8 Å². The van der Waals surface area contributed by atoms with E-state index < -0.39 is 38.6 Å². The normalized spacial score (nSPS) is 18.4. The van der Waals surface area contributed by atoms with Crippen molar-refractivity contribution in [2.24, 2.45) is 0 Å². The second-order valence-electron chi connectivity index (χ2n) is 5.76. The lowest BCUT2D eigenvalue weighted by Crippen LogP contribution is -2.44. The molecule has 3 rings (SSSR count). The van der Waals surface area contributed by atoms with Crippen LogP contribution in [-0.4, -0.2) is 36.3 Å². The molecule has 1 N–H and O–H groups in total. The third-order valence-electron chi connectivity index (χ3n) is 3.96. The van der Waals surface area contributed by atoms with Crippen LogP contribution in [0.1, 0.15) is 5.56 Å². The summed E-state index contributed by atoms with van der Waals surface area (Å²) in [4.78, 5) is 11.7. The summed E-state index contributed by atoms with van der Waals surface area (Å²) in [6.07, 6.45) is -4.82. The van der Waals surface area contributed by atoms with Crippen molar-refractivity contribution in [1.82, 2.24) is 4.31 Å². The Kier molecular flexibility index (Phi) is 5.50. The van der Waals surface area contributed by atoms with Gasteiger partial charge in [-0.05, 0) is 24.3 Å². The highest BCUT2D eigenvalue weighted by atomic mass is 32.2. The van der Waals surface area contributed by atoms with E-state index in [0.29, 0.717) is 5.69 Å². The third kappa shape index (κ3) is 4.12. The van der Waals surface area contributed by atoms with Crippen LogP contribution in [0.15, 0.2) is 59.5 Å². The Morgan fingerprint density at radius 2 is 1.70 bits per heavy atom. The van der Waals surface area contributed by atoms with Crippen LogP contribution in [0.2, 0.25) is 0 Å². The maximum Gasteiger partial charge on any atom is 0.417 e. The lowest BCUT2D eigenvalue weighted by molar-refractivity contribution is -0.139. The van der Waals surface area contributed by atoms with E-state index in [1.807, 2.05) is 0 Å². The topological polar surface area (TPSA) is 66.5 Å². The number of amides is 1. The van der Waals surface area contributed by atoms with Crippen LogP contribution in [0.25, 0.3) is 0 Å². The first-order valence-electron chi connectivity index (χ1n) is 7.83. The van der Waals surface area contributed by atoms with Gasteiger partial charge in [-0.15, -0.1) is 11.8 Å². The summed E-state index contributed by atoms with van der Waals surface area (Å²) >= 11 is 1.17. The first kappa shape index (κ1) is 19.7. The number of nitrogens with zero attached hydrogens (tertiary/aromatic N) is 1. The Labute approximate surface area is 158 Å². The molecule has 0 radical (unpaired) electrons. The number of rotatable bonds is 4. The van der Waals surface area contributed by atoms with E-state index in [1.54, 1.807) is 30.3 Å². The SMILES string of the molecule is O=C(Nc1ccccc1)[C@H]1CSCN1S(=O)(=O)c1ccccc1C(F)(F)F. The molecule has 5 nitrogen and oxygen atoms in total. The van der Waals surface area contributed by atoms with Crippen molar-refractivity contribution in [2.75, 3.05) is 16.9 Å². The highest BCUT2D eigenvalue weighted by Crippen LogP contribution is 2.37. The molecule has 0 unspecified atom stereocenters.